The van der Waals surface area contributed by atoms with Crippen molar-refractivity contribution in [2.75, 3.05) is 19.8 Å². The van der Waals surface area contributed by atoms with Crippen molar-refractivity contribution in [3.63, 3.8) is 0 Å². The molecule has 0 radical (unpaired) electrons. The number of carbonyl (C=O) groups is 1. The number of likely N-dealkylation sites (tertiary alicyclic amines) is 1. The van der Waals surface area contributed by atoms with E-state index in [9.17, 15) is 14.3 Å². The highest BCUT2D eigenvalue weighted by Crippen LogP contribution is 2.23. The average Bonchev–Trinajstić information content (AvgIpc) is 2.87. The van der Waals surface area contributed by atoms with Crippen LogP contribution < -0.4 is 10.1 Å². The van der Waals surface area contributed by atoms with Gasteiger partial charge in [0.2, 0.25) is 0 Å². The highest BCUT2D eigenvalue weighted by Gasteiger charge is 2.34. The second kappa shape index (κ2) is 7.45. The number of hydrogen-bond donors (Lipinski definition) is 2. The number of carbonyl (C=O) groups excluding carboxylic acids is 1. The number of nitrogens with zero attached hydrogens (tertiary/aromatic N) is 1. The molecule has 0 saturated carbocycles. The first-order valence-corrected chi connectivity index (χ1v) is 7.57. The molecule has 0 aliphatic carbocycles. The van der Waals surface area contributed by atoms with Gasteiger partial charge in [-0.1, -0.05) is 6.92 Å². The molecular weight excluding hydrogens is 287 g/mol. The van der Waals surface area contributed by atoms with E-state index < -0.39 is 0 Å². The molecule has 1 aliphatic rings. The van der Waals surface area contributed by atoms with Gasteiger partial charge in [-0.3, -0.25) is 0 Å². The molecule has 1 fully saturated rings. The Morgan fingerprint density at radius 3 is 2.82 bits per heavy atom. The molecule has 122 valence electrons. The van der Waals surface area contributed by atoms with Crippen LogP contribution in [0.5, 0.6) is 5.75 Å². The number of benzene rings is 1. The normalized spacial score (nSPS) is 22.5. The fourth-order valence-electron chi connectivity index (χ4n) is 2.63. The summed E-state index contributed by atoms with van der Waals surface area (Å²) in [6.07, 6.45) is 0.902. The summed E-state index contributed by atoms with van der Waals surface area (Å²) < 4.78 is 18.3. The highest BCUT2D eigenvalue weighted by atomic mass is 19.1. The van der Waals surface area contributed by atoms with E-state index in [2.05, 4.69) is 5.32 Å². The molecule has 1 aromatic rings. The van der Waals surface area contributed by atoms with Crippen molar-refractivity contribution in [3.05, 3.63) is 30.1 Å². The number of nitrogens with one attached hydrogen (secondary N) is 1. The topological polar surface area (TPSA) is 61.8 Å². The van der Waals surface area contributed by atoms with Crippen LogP contribution in [-0.2, 0) is 0 Å². The lowest BCUT2D eigenvalue weighted by Gasteiger charge is -2.27. The Bertz CT molecular complexity index is 495. The van der Waals surface area contributed by atoms with Gasteiger partial charge in [-0.25, -0.2) is 9.18 Å². The number of aliphatic hydroxyl groups is 1. The van der Waals surface area contributed by atoms with Crippen molar-refractivity contribution in [2.24, 2.45) is 5.92 Å². The van der Waals surface area contributed by atoms with Gasteiger partial charge >= 0.3 is 6.03 Å². The van der Waals surface area contributed by atoms with E-state index in [-0.39, 0.29) is 30.5 Å². The van der Waals surface area contributed by atoms with Crippen molar-refractivity contribution >= 4 is 6.03 Å². The van der Waals surface area contributed by atoms with Crippen LogP contribution in [0.15, 0.2) is 24.3 Å². The van der Waals surface area contributed by atoms with Gasteiger partial charge in [-0.05, 0) is 43.5 Å². The molecule has 0 aromatic heterocycles. The van der Waals surface area contributed by atoms with E-state index in [1.807, 2.05) is 13.8 Å². The van der Waals surface area contributed by atoms with Gasteiger partial charge < -0.3 is 20.1 Å². The molecule has 2 rings (SSSR count). The molecule has 6 heteroatoms. The molecule has 5 nitrogen and oxygen atoms in total. The molecule has 0 bridgehead atoms. The lowest BCUT2D eigenvalue weighted by Crippen LogP contribution is -2.49. The van der Waals surface area contributed by atoms with Gasteiger partial charge in [0.1, 0.15) is 18.2 Å². The predicted molar refractivity (Wildman–Crippen MR) is 81.2 cm³/mol. The Balaban J connectivity index is 1.80. The maximum Gasteiger partial charge on any atom is 0.318 e. The molecule has 1 heterocycles. The summed E-state index contributed by atoms with van der Waals surface area (Å²) in [6, 6.07) is 5.27. The highest BCUT2D eigenvalue weighted by molar-refractivity contribution is 5.75. The molecule has 1 aromatic carbocycles. The SMILES string of the molecule is C[C@H](COc1ccc(F)cc1)NC(=O)N1CC[C@@H](C)[C@H]1CO. The van der Waals surface area contributed by atoms with Gasteiger partial charge in [-0.2, -0.15) is 0 Å². The maximum absolute atomic E-state index is 12.8. The van der Waals surface area contributed by atoms with Crippen molar-refractivity contribution < 1.29 is 19.0 Å². The molecule has 1 aliphatic heterocycles. The fourth-order valence-corrected chi connectivity index (χ4v) is 2.63. The van der Waals surface area contributed by atoms with Crippen LogP contribution >= 0.6 is 0 Å². The lowest BCUT2D eigenvalue weighted by atomic mass is 10.0. The molecular formula is C16H23FN2O3. The minimum absolute atomic E-state index is 0.0188. The van der Waals surface area contributed by atoms with Crippen LogP contribution in [0.2, 0.25) is 0 Å². The van der Waals surface area contributed by atoms with Crippen LogP contribution in [0, 0.1) is 11.7 Å². The van der Waals surface area contributed by atoms with Crippen LogP contribution in [0.1, 0.15) is 20.3 Å². The molecule has 0 spiro atoms. The summed E-state index contributed by atoms with van der Waals surface area (Å²) in [5.41, 5.74) is 0. The van der Waals surface area contributed by atoms with E-state index in [0.717, 1.165) is 6.42 Å². The van der Waals surface area contributed by atoms with Crippen LogP contribution in [-0.4, -0.2) is 47.9 Å². The summed E-state index contributed by atoms with van der Waals surface area (Å²) >= 11 is 0. The van der Waals surface area contributed by atoms with E-state index in [0.29, 0.717) is 24.8 Å². The molecule has 2 N–H and O–H groups in total. The third-order valence-corrected chi connectivity index (χ3v) is 4.01. The number of aliphatic hydroxyl groups excluding tert-OH is 1. The number of amides is 2. The summed E-state index contributed by atoms with van der Waals surface area (Å²) in [6.45, 7) is 4.81. The van der Waals surface area contributed by atoms with Gasteiger partial charge in [0.25, 0.3) is 0 Å². The standard InChI is InChI=1S/C16H23FN2O3/c1-11-7-8-19(15(11)9-20)16(21)18-12(2)10-22-14-5-3-13(17)4-6-14/h3-6,11-12,15,20H,7-10H2,1-2H3,(H,18,21)/t11-,12-,15-/m1/s1. The molecule has 22 heavy (non-hydrogen) atoms. The van der Waals surface area contributed by atoms with Gasteiger partial charge in [0.15, 0.2) is 0 Å². The number of halogens is 1. The largest absolute Gasteiger partial charge is 0.491 e. The third kappa shape index (κ3) is 4.10. The molecule has 3 atom stereocenters. The van der Waals surface area contributed by atoms with Crippen molar-refractivity contribution in [1.82, 2.24) is 10.2 Å². The fraction of sp³-hybridized carbons (Fsp3) is 0.562. The van der Waals surface area contributed by atoms with Crippen molar-refractivity contribution in [3.8, 4) is 5.75 Å². The average molecular weight is 310 g/mol. The summed E-state index contributed by atoms with van der Waals surface area (Å²) in [5, 5.41) is 12.3. The number of urea groups is 1. The molecule has 1 saturated heterocycles. The van der Waals surface area contributed by atoms with Crippen LogP contribution in [0.3, 0.4) is 0 Å². The van der Waals surface area contributed by atoms with Gasteiger partial charge in [-0.15, -0.1) is 0 Å². The van der Waals surface area contributed by atoms with Crippen molar-refractivity contribution in [1.29, 1.82) is 0 Å². The zero-order valence-electron chi connectivity index (χ0n) is 13.0. The van der Waals surface area contributed by atoms with Crippen LogP contribution in [0.25, 0.3) is 0 Å². The number of ether oxygens (including phenoxy) is 1. The first kappa shape index (κ1) is 16.5. The number of rotatable bonds is 5. The minimum atomic E-state index is -0.313. The van der Waals surface area contributed by atoms with Crippen LogP contribution in [0.4, 0.5) is 9.18 Å². The summed E-state index contributed by atoms with van der Waals surface area (Å²) in [5.74, 6) is 0.555. The Morgan fingerprint density at radius 1 is 1.50 bits per heavy atom. The zero-order valence-corrected chi connectivity index (χ0v) is 13.0. The number of hydrogen-bond acceptors (Lipinski definition) is 3. The Hall–Kier alpha value is -1.82. The summed E-state index contributed by atoms with van der Waals surface area (Å²) in [4.78, 5) is 13.9. The van der Waals surface area contributed by atoms with E-state index >= 15 is 0 Å². The van der Waals surface area contributed by atoms with Gasteiger partial charge in [0.05, 0.1) is 18.7 Å². The molecule has 0 unspecified atom stereocenters. The smallest absolute Gasteiger partial charge is 0.318 e. The lowest BCUT2D eigenvalue weighted by molar-refractivity contribution is 0.139. The second-order valence-electron chi connectivity index (χ2n) is 5.82. The Kier molecular flexibility index (Phi) is 5.60. The molecule has 2 amide bonds. The Morgan fingerprint density at radius 2 is 2.18 bits per heavy atom. The maximum atomic E-state index is 12.8. The van der Waals surface area contributed by atoms with E-state index in [1.165, 1.54) is 12.1 Å². The second-order valence-corrected chi connectivity index (χ2v) is 5.82. The monoisotopic (exact) mass is 310 g/mol. The van der Waals surface area contributed by atoms with E-state index in [1.54, 1.807) is 17.0 Å². The van der Waals surface area contributed by atoms with E-state index in [4.69, 9.17) is 4.74 Å². The van der Waals surface area contributed by atoms with Gasteiger partial charge in [0, 0.05) is 6.54 Å². The zero-order chi connectivity index (χ0) is 16.1. The minimum Gasteiger partial charge on any atom is -0.491 e. The summed E-state index contributed by atoms with van der Waals surface area (Å²) in [7, 11) is 0. The first-order chi connectivity index (χ1) is 10.5. The van der Waals surface area contributed by atoms with Crippen molar-refractivity contribution in [2.45, 2.75) is 32.4 Å². The quantitative estimate of drug-likeness (QED) is 0.874. The predicted octanol–water partition coefficient (Wildman–Crippen LogP) is 2.01. The third-order valence-electron chi connectivity index (χ3n) is 4.01. The Labute approximate surface area is 130 Å². The first-order valence-electron chi connectivity index (χ1n) is 7.57.